The number of sulfone groups is 1. The molecule has 2 heterocycles. The van der Waals surface area contributed by atoms with Crippen LogP contribution in [0.4, 0.5) is 5.13 Å². The number of rotatable bonds is 8. The molecule has 30 heavy (non-hydrogen) atoms. The second kappa shape index (κ2) is 8.44. The lowest BCUT2D eigenvalue weighted by Gasteiger charge is -2.06. The van der Waals surface area contributed by atoms with Gasteiger partial charge in [0.15, 0.2) is 15.0 Å². The molecule has 1 aromatic carbocycles. The predicted octanol–water partition coefficient (Wildman–Crippen LogP) is 2.83. The molecule has 3 aromatic rings. The minimum Gasteiger partial charge on any atom is -0.306 e. The lowest BCUT2D eigenvalue weighted by Crippen LogP contribution is -2.14. The molecule has 0 bridgehead atoms. The third-order valence-corrected chi connectivity index (χ3v) is 7.52. The van der Waals surface area contributed by atoms with Crippen LogP contribution in [0.5, 0.6) is 0 Å². The molecular weight excluding hydrogens is 444 g/mol. The highest BCUT2D eigenvalue weighted by molar-refractivity contribution is 7.99. The van der Waals surface area contributed by atoms with Crippen LogP contribution in [-0.2, 0) is 21.2 Å². The van der Waals surface area contributed by atoms with E-state index >= 15 is 0 Å². The van der Waals surface area contributed by atoms with E-state index in [-0.39, 0.29) is 16.6 Å². The van der Waals surface area contributed by atoms with E-state index < -0.39 is 9.84 Å². The fourth-order valence-corrected chi connectivity index (χ4v) is 5.07. The zero-order valence-corrected chi connectivity index (χ0v) is 18.9. The van der Waals surface area contributed by atoms with Crippen molar-refractivity contribution in [1.29, 1.82) is 0 Å². The Morgan fingerprint density at radius 2 is 1.93 bits per heavy atom. The van der Waals surface area contributed by atoms with Crippen molar-refractivity contribution in [3.05, 3.63) is 30.1 Å². The summed E-state index contributed by atoms with van der Waals surface area (Å²) in [6.07, 6.45) is 3.47. The van der Waals surface area contributed by atoms with Gasteiger partial charge in [0.1, 0.15) is 10.8 Å². The molecule has 0 saturated heterocycles. The Morgan fingerprint density at radius 1 is 1.20 bits per heavy atom. The number of carbonyl (C=O) groups is 1. The monoisotopic (exact) mass is 464 g/mol. The number of nitrogens with zero attached hydrogens (tertiary/aromatic N) is 5. The van der Waals surface area contributed by atoms with Gasteiger partial charge in [0.2, 0.25) is 11.0 Å². The molecule has 12 heteroatoms. The van der Waals surface area contributed by atoms with Crippen LogP contribution in [0.2, 0.25) is 0 Å². The van der Waals surface area contributed by atoms with Crippen LogP contribution in [0.3, 0.4) is 0 Å². The predicted molar refractivity (Wildman–Crippen MR) is 115 cm³/mol. The molecule has 1 aliphatic rings. The van der Waals surface area contributed by atoms with E-state index in [1.54, 1.807) is 12.1 Å². The van der Waals surface area contributed by atoms with E-state index in [1.165, 1.54) is 35.2 Å². The minimum atomic E-state index is -3.25. The summed E-state index contributed by atoms with van der Waals surface area (Å²) in [7, 11) is -3.25. The summed E-state index contributed by atoms with van der Waals surface area (Å²) < 4.78 is 25.2. The average Bonchev–Trinajstić information content (AvgIpc) is 3.31. The van der Waals surface area contributed by atoms with Gasteiger partial charge in [-0.05, 0) is 31.9 Å². The first-order valence-electron chi connectivity index (χ1n) is 9.35. The van der Waals surface area contributed by atoms with Crippen LogP contribution in [0.25, 0.3) is 10.6 Å². The second-order valence-electron chi connectivity index (χ2n) is 6.91. The van der Waals surface area contributed by atoms with Crippen LogP contribution >= 0.6 is 23.1 Å². The summed E-state index contributed by atoms with van der Waals surface area (Å²) in [5, 5.41) is 21.1. The first-order valence-corrected chi connectivity index (χ1v) is 13.0. The second-order valence-corrected chi connectivity index (χ2v) is 10.8. The zero-order valence-electron chi connectivity index (χ0n) is 16.4. The van der Waals surface area contributed by atoms with E-state index in [9.17, 15) is 13.2 Å². The van der Waals surface area contributed by atoms with Crippen LogP contribution in [0.15, 0.2) is 34.3 Å². The topological polar surface area (TPSA) is 120 Å². The van der Waals surface area contributed by atoms with E-state index in [2.05, 4.69) is 30.3 Å². The standard InChI is InChI=1S/C18H20N6O3S3/c1-3-24-15(11-4-5-11)20-23-18(24)28-10-14(25)19-17-22-21-16(29-17)12-6-8-13(9-7-12)30(2,26)27/h6-9,11H,3-5,10H2,1-2H3,(H,19,22,25). The SMILES string of the molecule is CCn1c(SCC(=O)Nc2nnc(-c3ccc(S(C)(=O)=O)cc3)s2)nnc1C1CC1. The van der Waals surface area contributed by atoms with Gasteiger partial charge in [-0.1, -0.05) is 35.2 Å². The maximum Gasteiger partial charge on any atom is 0.236 e. The normalized spacial score (nSPS) is 14.1. The fraction of sp³-hybridized carbons (Fsp3) is 0.389. The van der Waals surface area contributed by atoms with Crippen molar-refractivity contribution < 1.29 is 13.2 Å². The molecule has 1 aliphatic carbocycles. The van der Waals surface area contributed by atoms with Crippen molar-refractivity contribution in [1.82, 2.24) is 25.0 Å². The third-order valence-electron chi connectivity index (χ3n) is 4.54. The third kappa shape index (κ3) is 4.71. The first-order chi connectivity index (χ1) is 14.3. The van der Waals surface area contributed by atoms with Gasteiger partial charge in [-0.2, -0.15) is 0 Å². The Bertz CT molecular complexity index is 1170. The Balaban J connectivity index is 1.36. The molecule has 9 nitrogen and oxygen atoms in total. The number of carbonyl (C=O) groups excluding carboxylic acids is 1. The molecule has 0 atom stereocenters. The van der Waals surface area contributed by atoms with Crippen molar-refractivity contribution in [2.75, 3.05) is 17.3 Å². The fourth-order valence-electron chi connectivity index (χ4n) is 2.87. The van der Waals surface area contributed by atoms with E-state index in [4.69, 9.17) is 0 Å². The molecule has 0 unspecified atom stereocenters. The number of thioether (sulfide) groups is 1. The Hall–Kier alpha value is -2.31. The number of benzene rings is 1. The van der Waals surface area contributed by atoms with Crippen LogP contribution < -0.4 is 5.32 Å². The molecule has 158 valence electrons. The zero-order chi connectivity index (χ0) is 21.3. The van der Waals surface area contributed by atoms with Gasteiger partial charge in [0, 0.05) is 24.3 Å². The van der Waals surface area contributed by atoms with E-state index in [0.717, 1.165) is 42.2 Å². The highest BCUT2D eigenvalue weighted by atomic mass is 32.2. The maximum absolute atomic E-state index is 12.3. The molecule has 2 aromatic heterocycles. The molecule has 0 radical (unpaired) electrons. The number of hydrogen-bond acceptors (Lipinski definition) is 9. The Kier molecular flexibility index (Phi) is 5.89. The number of amides is 1. The largest absolute Gasteiger partial charge is 0.306 e. The molecule has 0 spiro atoms. The van der Waals surface area contributed by atoms with Gasteiger partial charge in [0.05, 0.1) is 10.6 Å². The molecule has 1 amide bonds. The maximum atomic E-state index is 12.3. The quantitative estimate of drug-likeness (QED) is 0.505. The Morgan fingerprint density at radius 3 is 2.57 bits per heavy atom. The molecule has 4 rings (SSSR count). The number of nitrogens with one attached hydrogen (secondary N) is 1. The van der Waals surface area contributed by atoms with Gasteiger partial charge in [0.25, 0.3) is 0 Å². The first kappa shape index (κ1) is 20.9. The summed E-state index contributed by atoms with van der Waals surface area (Å²) >= 11 is 2.58. The average molecular weight is 465 g/mol. The highest BCUT2D eigenvalue weighted by Gasteiger charge is 2.30. The van der Waals surface area contributed by atoms with Crippen molar-refractivity contribution in [3.63, 3.8) is 0 Å². The number of anilines is 1. The van der Waals surface area contributed by atoms with E-state index in [1.807, 2.05) is 6.92 Å². The number of aromatic nitrogens is 5. The molecule has 1 fully saturated rings. The van der Waals surface area contributed by atoms with Gasteiger partial charge < -0.3 is 4.57 Å². The van der Waals surface area contributed by atoms with Crippen LogP contribution in [-0.4, -0.2) is 51.3 Å². The van der Waals surface area contributed by atoms with Crippen LogP contribution in [0, 0.1) is 0 Å². The summed E-state index contributed by atoms with van der Waals surface area (Å²) in [5.41, 5.74) is 0.735. The highest BCUT2D eigenvalue weighted by Crippen LogP contribution is 2.40. The minimum absolute atomic E-state index is 0.195. The molecule has 1 N–H and O–H groups in total. The summed E-state index contributed by atoms with van der Waals surface area (Å²) in [6, 6.07) is 6.40. The summed E-state index contributed by atoms with van der Waals surface area (Å²) in [4.78, 5) is 12.6. The van der Waals surface area contributed by atoms with Gasteiger partial charge >= 0.3 is 0 Å². The van der Waals surface area contributed by atoms with E-state index in [0.29, 0.717) is 16.1 Å². The van der Waals surface area contributed by atoms with Gasteiger partial charge in [-0.25, -0.2) is 8.42 Å². The molecule has 1 saturated carbocycles. The lowest BCUT2D eigenvalue weighted by atomic mass is 10.2. The van der Waals surface area contributed by atoms with Crippen molar-refractivity contribution >= 4 is 44.0 Å². The van der Waals surface area contributed by atoms with Gasteiger partial charge in [-0.15, -0.1) is 20.4 Å². The smallest absolute Gasteiger partial charge is 0.236 e. The van der Waals surface area contributed by atoms with Gasteiger partial charge in [-0.3, -0.25) is 10.1 Å². The molecule has 0 aliphatic heterocycles. The summed E-state index contributed by atoms with van der Waals surface area (Å²) in [6.45, 7) is 2.82. The van der Waals surface area contributed by atoms with Crippen molar-refractivity contribution in [2.45, 2.75) is 42.3 Å². The summed E-state index contributed by atoms with van der Waals surface area (Å²) in [5.74, 6) is 1.51. The lowest BCUT2D eigenvalue weighted by molar-refractivity contribution is -0.113. The Labute approximate surface area is 182 Å². The number of hydrogen-bond donors (Lipinski definition) is 1. The molecular formula is C18H20N6O3S3. The van der Waals surface area contributed by atoms with Crippen LogP contribution in [0.1, 0.15) is 31.5 Å². The van der Waals surface area contributed by atoms with Crippen molar-refractivity contribution in [3.8, 4) is 10.6 Å². The van der Waals surface area contributed by atoms with Crippen molar-refractivity contribution in [2.24, 2.45) is 0 Å².